The topological polar surface area (TPSA) is 72.1 Å². The lowest BCUT2D eigenvalue weighted by molar-refractivity contribution is 0.251. The zero-order valence-electron chi connectivity index (χ0n) is 17.3. The number of benzene rings is 2. The van der Waals surface area contributed by atoms with Gasteiger partial charge in [-0.05, 0) is 43.5 Å². The van der Waals surface area contributed by atoms with E-state index in [-0.39, 0.29) is 6.03 Å². The molecule has 1 aliphatic rings. The summed E-state index contributed by atoms with van der Waals surface area (Å²) in [6.07, 6.45) is 3.62. The Balaban J connectivity index is 1.68. The Bertz CT molecular complexity index is 835. The van der Waals surface area contributed by atoms with Crippen LogP contribution in [0.1, 0.15) is 24.8 Å². The van der Waals surface area contributed by atoms with Crippen LogP contribution in [-0.2, 0) is 6.54 Å². The molecule has 7 nitrogen and oxygen atoms in total. The van der Waals surface area contributed by atoms with Gasteiger partial charge in [-0.25, -0.2) is 4.79 Å². The van der Waals surface area contributed by atoms with E-state index >= 15 is 0 Å². The standard InChI is InChI=1S/C22H29N3O4/c1-27-19-12-11-16(20(28-2)21(19)29-3)15-23-22(26)24-17-9-5-6-10-18(17)25-13-7-4-8-14-25/h5-6,9-12H,4,7-8,13-15H2,1-3H3,(H2,23,24,26). The lowest BCUT2D eigenvalue weighted by Crippen LogP contribution is -2.32. The number of para-hydroxylation sites is 2. The summed E-state index contributed by atoms with van der Waals surface area (Å²) in [5.74, 6) is 1.62. The summed E-state index contributed by atoms with van der Waals surface area (Å²) < 4.78 is 16.2. The van der Waals surface area contributed by atoms with Gasteiger partial charge < -0.3 is 29.7 Å². The Morgan fingerprint density at radius 3 is 2.34 bits per heavy atom. The highest BCUT2D eigenvalue weighted by Gasteiger charge is 2.18. The smallest absolute Gasteiger partial charge is 0.319 e. The first-order chi connectivity index (χ1) is 14.2. The maximum absolute atomic E-state index is 12.6. The fourth-order valence-corrected chi connectivity index (χ4v) is 3.63. The highest BCUT2D eigenvalue weighted by Crippen LogP contribution is 2.39. The number of carbonyl (C=O) groups is 1. The van der Waals surface area contributed by atoms with E-state index in [1.165, 1.54) is 19.3 Å². The Labute approximate surface area is 171 Å². The molecule has 1 heterocycles. The van der Waals surface area contributed by atoms with Crippen molar-refractivity contribution in [3.05, 3.63) is 42.0 Å². The summed E-state index contributed by atoms with van der Waals surface area (Å²) in [6.45, 7) is 2.33. The van der Waals surface area contributed by atoms with Crippen LogP contribution in [0.3, 0.4) is 0 Å². The van der Waals surface area contributed by atoms with Crippen molar-refractivity contribution < 1.29 is 19.0 Å². The quantitative estimate of drug-likeness (QED) is 0.736. The maximum atomic E-state index is 12.6. The number of carbonyl (C=O) groups excluding carboxylic acids is 1. The van der Waals surface area contributed by atoms with Crippen molar-refractivity contribution >= 4 is 17.4 Å². The molecule has 2 aromatic carbocycles. The van der Waals surface area contributed by atoms with Crippen LogP contribution < -0.4 is 29.7 Å². The van der Waals surface area contributed by atoms with Crippen LogP contribution in [0.25, 0.3) is 0 Å². The minimum absolute atomic E-state index is 0.272. The first-order valence-corrected chi connectivity index (χ1v) is 9.84. The maximum Gasteiger partial charge on any atom is 0.319 e. The molecule has 0 aliphatic carbocycles. The number of rotatable bonds is 7. The van der Waals surface area contributed by atoms with E-state index in [9.17, 15) is 4.79 Å². The van der Waals surface area contributed by atoms with Gasteiger partial charge in [0.2, 0.25) is 5.75 Å². The molecular formula is C22H29N3O4. The monoisotopic (exact) mass is 399 g/mol. The van der Waals surface area contributed by atoms with Gasteiger partial charge in [-0.3, -0.25) is 0 Å². The van der Waals surface area contributed by atoms with E-state index in [4.69, 9.17) is 14.2 Å². The van der Waals surface area contributed by atoms with Gasteiger partial charge in [0, 0.05) is 25.2 Å². The second-order valence-corrected chi connectivity index (χ2v) is 6.87. The molecule has 0 atom stereocenters. The zero-order valence-corrected chi connectivity index (χ0v) is 17.3. The third-order valence-corrected chi connectivity index (χ3v) is 5.07. The fourth-order valence-electron chi connectivity index (χ4n) is 3.63. The minimum atomic E-state index is -0.272. The Hall–Kier alpha value is -3.09. The number of nitrogens with one attached hydrogen (secondary N) is 2. The molecule has 0 aromatic heterocycles. The van der Waals surface area contributed by atoms with Gasteiger partial charge in [-0.1, -0.05) is 12.1 Å². The number of methoxy groups -OCH3 is 3. The molecule has 2 N–H and O–H groups in total. The fraction of sp³-hybridized carbons (Fsp3) is 0.409. The van der Waals surface area contributed by atoms with Gasteiger partial charge >= 0.3 is 6.03 Å². The molecule has 29 heavy (non-hydrogen) atoms. The van der Waals surface area contributed by atoms with Gasteiger partial charge in [0.05, 0.1) is 32.7 Å². The van der Waals surface area contributed by atoms with Crippen LogP contribution in [0.15, 0.2) is 36.4 Å². The SMILES string of the molecule is COc1ccc(CNC(=O)Nc2ccccc2N2CCCCC2)c(OC)c1OC. The molecule has 3 rings (SSSR count). The predicted octanol–water partition coefficient (Wildman–Crippen LogP) is 4.02. The number of urea groups is 1. The first kappa shape index (κ1) is 20.6. The van der Waals surface area contributed by atoms with Gasteiger partial charge in [-0.15, -0.1) is 0 Å². The molecule has 0 unspecified atom stereocenters. The summed E-state index contributed by atoms with van der Waals surface area (Å²) in [6, 6.07) is 11.3. The van der Waals surface area contributed by atoms with Crippen LogP contribution in [0.4, 0.5) is 16.2 Å². The number of hydrogen-bond donors (Lipinski definition) is 2. The van der Waals surface area contributed by atoms with Crippen molar-refractivity contribution in [3.63, 3.8) is 0 Å². The van der Waals surface area contributed by atoms with Crippen molar-refractivity contribution in [3.8, 4) is 17.2 Å². The van der Waals surface area contributed by atoms with Gasteiger partial charge in [0.1, 0.15) is 0 Å². The number of ether oxygens (including phenoxy) is 3. The van der Waals surface area contributed by atoms with Crippen molar-refractivity contribution in [1.82, 2.24) is 5.32 Å². The van der Waals surface area contributed by atoms with Gasteiger partial charge in [0.25, 0.3) is 0 Å². The van der Waals surface area contributed by atoms with Crippen LogP contribution in [0.5, 0.6) is 17.2 Å². The molecule has 1 aliphatic heterocycles. The lowest BCUT2D eigenvalue weighted by atomic mass is 10.1. The van der Waals surface area contributed by atoms with Gasteiger partial charge in [0.15, 0.2) is 11.5 Å². The van der Waals surface area contributed by atoms with Crippen molar-refractivity contribution in [2.24, 2.45) is 0 Å². The third kappa shape index (κ3) is 4.85. The zero-order chi connectivity index (χ0) is 20.6. The van der Waals surface area contributed by atoms with Crippen LogP contribution in [-0.4, -0.2) is 40.5 Å². The third-order valence-electron chi connectivity index (χ3n) is 5.07. The molecular weight excluding hydrogens is 370 g/mol. The van der Waals surface area contributed by atoms with Crippen LogP contribution >= 0.6 is 0 Å². The van der Waals surface area contributed by atoms with E-state index in [2.05, 4.69) is 21.6 Å². The molecule has 0 spiro atoms. The normalized spacial score (nSPS) is 13.6. The van der Waals surface area contributed by atoms with E-state index in [1.807, 2.05) is 24.3 Å². The van der Waals surface area contributed by atoms with Crippen LogP contribution in [0, 0.1) is 0 Å². The van der Waals surface area contributed by atoms with Crippen molar-refractivity contribution in [2.45, 2.75) is 25.8 Å². The average molecular weight is 399 g/mol. The van der Waals surface area contributed by atoms with E-state index in [0.717, 1.165) is 30.0 Å². The largest absolute Gasteiger partial charge is 0.493 e. The molecule has 1 fully saturated rings. The van der Waals surface area contributed by atoms with Crippen LogP contribution in [0.2, 0.25) is 0 Å². The molecule has 1 saturated heterocycles. The summed E-state index contributed by atoms with van der Waals surface area (Å²) in [7, 11) is 4.69. The Morgan fingerprint density at radius 2 is 1.66 bits per heavy atom. The summed E-state index contributed by atoms with van der Waals surface area (Å²) in [5, 5.41) is 5.87. The predicted molar refractivity (Wildman–Crippen MR) is 114 cm³/mol. The second kappa shape index (κ2) is 9.91. The number of hydrogen-bond acceptors (Lipinski definition) is 5. The number of nitrogens with zero attached hydrogens (tertiary/aromatic N) is 1. The second-order valence-electron chi connectivity index (χ2n) is 6.87. The average Bonchev–Trinajstić information content (AvgIpc) is 2.77. The molecule has 156 valence electrons. The number of amides is 2. The Morgan fingerprint density at radius 1 is 0.931 bits per heavy atom. The Kier molecular flexibility index (Phi) is 7.05. The highest BCUT2D eigenvalue weighted by molar-refractivity contribution is 5.93. The summed E-state index contributed by atoms with van der Waals surface area (Å²) >= 11 is 0. The highest BCUT2D eigenvalue weighted by atomic mass is 16.5. The lowest BCUT2D eigenvalue weighted by Gasteiger charge is -2.30. The molecule has 0 bridgehead atoms. The number of anilines is 2. The molecule has 2 amide bonds. The molecule has 7 heteroatoms. The van der Waals surface area contributed by atoms with Gasteiger partial charge in [-0.2, -0.15) is 0 Å². The molecule has 0 saturated carbocycles. The van der Waals surface area contributed by atoms with Crippen molar-refractivity contribution in [1.29, 1.82) is 0 Å². The number of piperidine rings is 1. The van der Waals surface area contributed by atoms with E-state index < -0.39 is 0 Å². The minimum Gasteiger partial charge on any atom is -0.493 e. The molecule has 2 aromatic rings. The van der Waals surface area contributed by atoms with E-state index in [1.54, 1.807) is 27.4 Å². The summed E-state index contributed by atoms with van der Waals surface area (Å²) in [4.78, 5) is 14.9. The van der Waals surface area contributed by atoms with Crippen molar-refractivity contribution in [2.75, 3.05) is 44.6 Å². The molecule has 0 radical (unpaired) electrons. The first-order valence-electron chi connectivity index (χ1n) is 9.84. The summed E-state index contributed by atoms with van der Waals surface area (Å²) in [5.41, 5.74) is 2.67. The van der Waals surface area contributed by atoms with E-state index in [0.29, 0.717) is 23.8 Å².